The minimum absolute atomic E-state index is 0.588. The van der Waals surface area contributed by atoms with E-state index >= 15 is 0 Å². The van der Waals surface area contributed by atoms with Crippen molar-refractivity contribution in [1.29, 1.82) is 0 Å². The Kier molecular flexibility index (Phi) is 1.25. The zero-order valence-corrected chi connectivity index (χ0v) is 7.53. The third-order valence-electron chi connectivity index (χ3n) is 3.15. The number of nitrogens with zero attached hydrogens (tertiary/aromatic N) is 1. The molecular formula is C8H11N3S. The highest BCUT2D eigenvalue weighted by Gasteiger charge is 2.46. The van der Waals surface area contributed by atoms with Gasteiger partial charge in [-0.2, -0.15) is 0 Å². The van der Waals surface area contributed by atoms with Crippen LogP contribution in [0.25, 0.3) is 0 Å². The molecule has 0 aromatic carbocycles. The quantitative estimate of drug-likeness (QED) is 0.651. The Morgan fingerprint density at radius 1 is 1.17 bits per heavy atom. The first kappa shape index (κ1) is 6.83. The fourth-order valence-corrected chi connectivity index (χ4v) is 2.56. The molecule has 2 atom stereocenters. The van der Waals surface area contributed by atoms with Gasteiger partial charge in [0, 0.05) is 5.92 Å². The molecule has 12 heavy (non-hydrogen) atoms. The maximum Gasteiger partial charge on any atom is 0.213 e. The number of hydrogen-bond donors (Lipinski definition) is 2. The van der Waals surface area contributed by atoms with Crippen LogP contribution in [-0.2, 0) is 0 Å². The highest BCUT2D eigenvalue weighted by Crippen LogP contribution is 2.56. The lowest BCUT2D eigenvalue weighted by Gasteiger charge is -2.05. The number of rotatable bonds is 1. The van der Waals surface area contributed by atoms with Gasteiger partial charge in [0.15, 0.2) is 0 Å². The molecule has 1 aromatic heterocycles. The molecule has 3 rings (SSSR count). The first-order chi connectivity index (χ1) is 5.83. The van der Waals surface area contributed by atoms with E-state index in [0.29, 0.717) is 10.7 Å². The standard InChI is InChI=1S/C8H11N3S/c12-8-9-7(10-11-8)6-2-4-1-5(4)3-6/h4-6H,1-3H2,(H2,9,10,11,12). The van der Waals surface area contributed by atoms with Crippen LogP contribution in [0.5, 0.6) is 0 Å². The van der Waals surface area contributed by atoms with Crippen molar-refractivity contribution in [2.45, 2.75) is 25.2 Å². The average molecular weight is 181 g/mol. The fraction of sp³-hybridized carbons (Fsp3) is 0.750. The SMILES string of the molecule is S=c1nc(C2CC3CC3C2)[nH][nH]1. The molecule has 0 saturated heterocycles. The molecule has 2 aliphatic carbocycles. The number of aromatic nitrogens is 3. The van der Waals surface area contributed by atoms with Crippen LogP contribution >= 0.6 is 12.2 Å². The monoisotopic (exact) mass is 181 g/mol. The highest BCUT2D eigenvalue weighted by atomic mass is 32.1. The van der Waals surface area contributed by atoms with Gasteiger partial charge in [0.1, 0.15) is 5.82 Å². The molecule has 1 heterocycles. The predicted molar refractivity (Wildman–Crippen MR) is 47.3 cm³/mol. The van der Waals surface area contributed by atoms with Gasteiger partial charge in [-0.05, 0) is 43.3 Å². The smallest absolute Gasteiger partial charge is 0.213 e. The van der Waals surface area contributed by atoms with E-state index in [2.05, 4.69) is 15.2 Å². The van der Waals surface area contributed by atoms with E-state index in [4.69, 9.17) is 12.2 Å². The summed E-state index contributed by atoms with van der Waals surface area (Å²) in [5.74, 6) is 3.75. The number of nitrogens with one attached hydrogen (secondary N) is 2. The van der Waals surface area contributed by atoms with Crippen LogP contribution in [0.4, 0.5) is 0 Å². The summed E-state index contributed by atoms with van der Waals surface area (Å²) in [7, 11) is 0. The molecule has 0 radical (unpaired) electrons. The van der Waals surface area contributed by atoms with Crippen LogP contribution in [0.15, 0.2) is 0 Å². The molecule has 64 valence electrons. The van der Waals surface area contributed by atoms with Gasteiger partial charge in [-0.15, -0.1) is 0 Å². The topological polar surface area (TPSA) is 44.5 Å². The molecule has 2 saturated carbocycles. The Bertz CT molecular complexity index is 343. The lowest BCUT2D eigenvalue weighted by atomic mass is 10.0. The van der Waals surface area contributed by atoms with Crippen molar-refractivity contribution in [3.05, 3.63) is 10.6 Å². The van der Waals surface area contributed by atoms with E-state index in [-0.39, 0.29) is 0 Å². The molecule has 0 aliphatic heterocycles. The largest absolute Gasteiger partial charge is 0.285 e. The maximum absolute atomic E-state index is 4.91. The van der Waals surface area contributed by atoms with Crippen LogP contribution in [0.1, 0.15) is 31.0 Å². The van der Waals surface area contributed by atoms with Gasteiger partial charge in [-0.3, -0.25) is 10.2 Å². The van der Waals surface area contributed by atoms with Crippen molar-refractivity contribution in [3.8, 4) is 0 Å². The first-order valence-corrected chi connectivity index (χ1v) is 4.88. The van der Waals surface area contributed by atoms with Crippen molar-refractivity contribution >= 4 is 12.2 Å². The Morgan fingerprint density at radius 3 is 2.50 bits per heavy atom. The van der Waals surface area contributed by atoms with Gasteiger partial charge in [0.25, 0.3) is 0 Å². The molecule has 2 fully saturated rings. The van der Waals surface area contributed by atoms with Crippen LogP contribution in [-0.4, -0.2) is 15.2 Å². The first-order valence-electron chi connectivity index (χ1n) is 4.47. The predicted octanol–water partition coefficient (Wildman–Crippen LogP) is 1.98. The zero-order valence-electron chi connectivity index (χ0n) is 6.71. The summed E-state index contributed by atoms with van der Waals surface area (Å²) in [5.41, 5.74) is 0. The third kappa shape index (κ3) is 0.941. The average Bonchev–Trinajstić information content (AvgIpc) is 2.49. The Hall–Kier alpha value is -0.640. The van der Waals surface area contributed by atoms with Crippen molar-refractivity contribution in [1.82, 2.24) is 15.2 Å². The van der Waals surface area contributed by atoms with Crippen molar-refractivity contribution in [3.63, 3.8) is 0 Å². The number of aromatic amines is 2. The van der Waals surface area contributed by atoms with Gasteiger partial charge in [0.2, 0.25) is 4.77 Å². The Labute approximate surface area is 75.6 Å². The third-order valence-corrected chi connectivity index (χ3v) is 3.34. The van der Waals surface area contributed by atoms with Gasteiger partial charge >= 0.3 is 0 Å². The van der Waals surface area contributed by atoms with Gasteiger partial charge in [-0.1, -0.05) is 0 Å². The summed E-state index contributed by atoms with van der Waals surface area (Å²) in [5, 5.41) is 5.90. The molecule has 3 nitrogen and oxygen atoms in total. The Morgan fingerprint density at radius 2 is 1.92 bits per heavy atom. The van der Waals surface area contributed by atoms with E-state index in [1.165, 1.54) is 19.3 Å². The molecule has 0 spiro atoms. The summed E-state index contributed by atoms with van der Waals surface area (Å²) in [6.07, 6.45) is 4.10. The maximum atomic E-state index is 4.91. The lowest BCUT2D eigenvalue weighted by Crippen LogP contribution is -1.97. The normalized spacial score (nSPS) is 38.2. The summed E-state index contributed by atoms with van der Waals surface area (Å²) < 4.78 is 0.588. The van der Waals surface area contributed by atoms with E-state index in [1.807, 2.05) is 0 Å². The van der Waals surface area contributed by atoms with E-state index < -0.39 is 0 Å². The second kappa shape index (κ2) is 2.19. The van der Waals surface area contributed by atoms with Crippen molar-refractivity contribution in [2.24, 2.45) is 11.8 Å². The summed E-state index contributed by atoms with van der Waals surface area (Å²) in [6, 6.07) is 0. The molecule has 1 aromatic rings. The number of hydrogen-bond acceptors (Lipinski definition) is 2. The van der Waals surface area contributed by atoms with Gasteiger partial charge in [0.05, 0.1) is 0 Å². The zero-order chi connectivity index (χ0) is 8.13. The molecule has 0 amide bonds. The van der Waals surface area contributed by atoms with Crippen LogP contribution in [0.2, 0.25) is 0 Å². The number of H-pyrrole nitrogens is 2. The molecule has 2 unspecified atom stereocenters. The second-order valence-electron chi connectivity index (χ2n) is 3.98. The summed E-state index contributed by atoms with van der Waals surface area (Å²) >= 11 is 4.91. The van der Waals surface area contributed by atoms with Gasteiger partial charge < -0.3 is 0 Å². The highest BCUT2D eigenvalue weighted by molar-refractivity contribution is 7.71. The Balaban J connectivity index is 1.85. The van der Waals surface area contributed by atoms with Crippen LogP contribution in [0.3, 0.4) is 0 Å². The summed E-state index contributed by atoms with van der Waals surface area (Å²) in [6.45, 7) is 0. The number of fused-ring (bicyclic) bond motifs is 1. The molecular weight excluding hydrogens is 170 g/mol. The van der Waals surface area contributed by atoms with E-state index in [0.717, 1.165) is 17.7 Å². The molecule has 4 heteroatoms. The van der Waals surface area contributed by atoms with E-state index in [9.17, 15) is 0 Å². The van der Waals surface area contributed by atoms with Crippen molar-refractivity contribution in [2.75, 3.05) is 0 Å². The molecule has 2 aliphatic rings. The van der Waals surface area contributed by atoms with Crippen molar-refractivity contribution < 1.29 is 0 Å². The molecule has 0 bridgehead atoms. The van der Waals surface area contributed by atoms with Gasteiger partial charge in [-0.25, -0.2) is 4.98 Å². The lowest BCUT2D eigenvalue weighted by molar-refractivity contribution is 0.592. The summed E-state index contributed by atoms with van der Waals surface area (Å²) in [4.78, 5) is 4.25. The minimum Gasteiger partial charge on any atom is -0.285 e. The minimum atomic E-state index is 0.588. The van der Waals surface area contributed by atoms with Crippen LogP contribution in [0, 0.1) is 16.6 Å². The molecule has 2 N–H and O–H groups in total. The van der Waals surface area contributed by atoms with Crippen LogP contribution < -0.4 is 0 Å². The fourth-order valence-electron chi connectivity index (χ4n) is 2.41. The second-order valence-corrected chi connectivity index (χ2v) is 4.36. The van der Waals surface area contributed by atoms with E-state index in [1.54, 1.807) is 0 Å².